The van der Waals surface area contributed by atoms with Crippen LogP contribution in [0.25, 0.3) is 32.7 Å². The highest BCUT2D eigenvalue weighted by atomic mass is 79.9. The van der Waals surface area contributed by atoms with Crippen molar-refractivity contribution in [2.24, 2.45) is 0 Å². The molecule has 0 amide bonds. The molecule has 12 rings (SSSR count). The lowest BCUT2D eigenvalue weighted by Gasteiger charge is -2.25. The minimum absolute atomic E-state index is 0. The molecule has 0 spiro atoms. The Morgan fingerprint density at radius 3 is 1.16 bits per heavy atom. The smallest absolute Gasteiger partial charge is 0.261 e. The van der Waals surface area contributed by atoms with Gasteiger partial charge < -0.3 is 0 Å². The topological polar surface area (TPSA) is 153 Å². The Kier molecular flexibility index (Phi) is 18.6. The fraction of sp³-hybridized carbons (Fsp3) is 0.211. The average Bonchev–Trinajstić information content (AvgIpc) is 3.41. The zero-order chi connectivity index (χ0) is 50.8. The van der Waals surface area contributed by atoms with Crippen LogP contribution >= 0.6 is 40.7 Å². The van der Waals surface area contributed by atoms with Gasteiger partial charge in [-0.15, -0.1) is 31.2 Å². The summed E-state index contributed by atoms with van der Waals surface area (Å²) in [7, 11) is 6.12. The summed E-state index contributed by atoms with van der Waals surface area (Å²) >= 11 is 3.41. The Morgan fingerprint density at radius 2 is 0.813 bits per heavy atom. The molecule has 378 valence electrons. The number of hydrogen-bond acceptors (Lipinski definition) is 12. The first-order valence-electron chi connectivity index (χ1n) is 23.5. The molecule has 3 aliphatic heterocycles. The van der Waals surface area contributed by atoms with E-state index in [0.717, 1.165) is 82.7 Å². The summed E-state index contributed by atoms with van der Waals surface area (Å²) in [5, 5.41) is 1.99. The van der Waals surface area contributed by atoms with Crippen molar-refractivity contribution < 1.29 is 0 Å². The van der Waals surface area contributed by atoms with Gasteiger partial charge in [0.25, 0.3) is 16.7 Å². The number of terminal acetylenes is 1. The first-order chi connectivity index (χ1) is 35.5. The van der Waals surface area contributed by atoms with E-state index in [9.17, 15) is 14.4 Å². The minimum atomic E-state index is 0. The van der Waals surface area contributed by atoms with Gasteiger partial charge in [0.05, 0.1) is 52.3 Å². The van der Waals surface area contributed by atoms with Crippen molar-refractivity contribution >= 4 is 73.5 Å². The van der Waals surface area contributed by atoms with Crippen LogP contribution in [0.5, 0.6) is 0 Å². The highest BCUT2D eigenvalue weighted by Crippen LogP contribution is 2.19. The second-order valence-electron chi connectivity index (χ2n) is 17.6. The molecule has 0 saturated carbocycles. The van der Waals surface area contributed by atoms with E-state index in [1.165, 1.54) is 0 Å². The van der Waals surface area contributed by atoms with Crippen LogP contribution in [0.2, 0.25) is 0 Å². The first kappa shape index (κ1) is 54.9. The fourth-order valence-corrected chi connectivity index (χ4v) is 8.70. The molecule has 75 heavy (non-hydrogen) atoms. The van der Waals surface area contributed by atoms with Gasteiger partial charge in [-0.25, -0.2) is 29.9 Å². The van der Waals surface area contributed by atoms with E-state index < -0.39 is 0 Å². The molecule has 0 N–H and O–H groups in total. The van der Waals surface area contributed by atoms with E-state index >= 15 is 0 Å². The van der Waals surface area contributed by atoms with Crippen molar-refractivity contribution in [3.05, 3.63) is 209 Å². The Balaban J connectivity index is 0.000000152. The quantitative estimate of drug-likeness (QED) is 0.147. The Morgan fingerprint density at radius 1 is 0.453 bits per heavy atom. The molecule has 6 aromatic heterocycles. The second kappa shape index (κ2) is 25.4. The lowest BCUT2D eigenvalue weighted by Crippen LogP contribution is -2.38. The van der Waals surface area contributed by atoms with E-state index in [2.05, 4.69) is 90.1 Å². The molecule has 15 nitrogen and oxygen atoms in total. The predicted octanol–water partition coefficient (Wildman–Crippen LogP) is 6.78. The third-order valence-corrected chi connectivity index (χ3v) is 12.7. The number of rotatable bonds is 0. The highest BCUT2D eigenvalue weighted by molar-refractivity contribution is 9.10. The van der Waals surface area contributed by atoms with Crippen molar-refractivity contribution in [2.45, 2.75) is 39.3 Å². The standard InChI is InChI=1S/2C19H16N4O.C12H12BrN3O.C7H5N.2ClH/c2*1-22-10-11-23-18(13-22)21-17-12-14(6-8-16(17)19(23)24)5-7-15-4-2-3-9-20-15;1-15-4-5-16-11(7-15)14-10-6-8(13)2-3-9(10)12(16)17;1-2-7-5-3-4-6-8-7;;/h2*2-4,6,8-9,12H,10-11,13H2,1H3;2-3,6H,4-5,7H2,1H3;1,3-6H;2*1H. The zero-order valence-electron chi connectivity index (χ0n) is 41.4. The molecule has 0 unspecified atom stereocenters. The number of likely N-dealkylation sites (N-methyl/N-ethyl adjacent to an activating group) is 3. The average molecular weight is 1100 g/mol. The van der Waals surface area contributed by atoms with Crippen molar-refractivity contribution in [1.29, 1.82) is 0 Å². The minimum Gasteiger partial charge on any atom is -0.297 e. The van der Waals surface area contributed by atoms with E-state index in [1.54, 1.807) is 38.4 Å². The summed E-state index contributed by atoms with van der Waals surface area (Å²) in [4.78, 5) is 70.2. The molecule has 3 aliphatic rings. The molecule has 0 aliphatic carbocycles. The molecule has 0 radical (unpaired) electrons. The van der Waals surface area contributed by atoms with Crippen molar-refractivity contribution in [2.75, 3.05) is 40.8 Å². The lowest BCUT2D eigenvalue weighted by molar-refractivity contribution is 0.259. The summed E-state index contributed by atoms with van der Waals surface area (Å²) in [6.07, 6.45) is 10.1. The molecule has 0 atom stereocenters. The van der Waals surface area contributed by atoms with Gasteiger partial charge in [0, 0.05) is 73.5 Å². The van der Waals surface area contributed by atoms with Crippen LogP contribution in [0.1, 0.15) is 45.7 Å². The number of pyridine rings is 3. The Bertz CT molecular complexity index is 3690. The van der Waals surface area contributed by atoms with Gasteiger partial charge in [-0.1, -0.05) is 51.9 Å². The van der Waals surface area contributed by atoms with E-state index in [1.807, 2.05) is 124 Å². The Labute approximate surface area is 454 Å². The summed E-state index contributed by atoms with van der Waals surface area (Å²) in [6.45, 7) is 6.85. The van der Waals surface area contributed by atoms with Gasteiger partial charge in [0.15, 0.2) is 0 Å². The van der Waals surface area contributed by atoms with Gasteiger partial charge in [-0.3, -0.25) is 42.8 Å². The maximum Gasteiger partial charge on any atom is 0.261 e. The van der Waals surface area contributed by atoms with E-state index in [-0.39, 0.29) is 41.5 Å². The van der Waals surface area contributed by atoms with Crippen molar-refractivity contribution in [1.82, 2.24) is 58.3 Å². The predicted molar refractivity (Wildman–Crippen MR) is 302 cm³/mol. The third-order valence-electron chi connectivity index (χ3n) is 12.2. The third kappa shape index (κ3) is 13.5. The molecular formula is C57H51BrCl2N12O3. The maximum atomic E-state index is 12.6. The van der Waals surface area contributed by atoms with Gasteiger partial charge in [-0.2, -0.15) is 0 Å². The van der Waals surface area contributed by atoms with Gasteiger partial charge in [0.2, 0.25) is 0 Å². The van der Waals surface area contributed by atoms with Gasteiger partial charge in [0.1, 0.15) is 34.6 Å². The molecule has 9 aromatic rings. The SMILES string of the molecule is C#Cc1ccccn1.CN1CCn2c(nc3cc(Br)ccc3c2=O)C1.CN1CCn2c(nc3cc(C#Cc4ccccn4)ccc3c2=O)C1.CN1CCn2c(nc3cc(C#Cc4ccccn4)ccc3c2=O)C1.Cl.Cl. The van der Waals surface area contributed by atoms with Crippen molar-refractivity contribution in [3.63, 3.8) is 0 Å². The van der Waals surface area contributed by atoms with Crippen LogP contribution < -0.4 is 16.7 Å². The normalized spacial score (nSPS) is 13.5. The van der Waals surface area contributed by atoms with Gasteiger partial charge >= 0.3 is 0 Å². The lowest BCUT2D eigenvalue weighted by atomic mass is 10.1. The molecule has 18 heteroatoms. The highest BCUT2D eigenvalue weighted by Gasteiger charge is 2.20. The zero-order valence-corrected chi connectivity index (χ0v) is 44.6. The molecule has 9 heterocycles. The van der Waals surface area contributed by atoms with E-state index in [4.69, 9.17) is 6.42 Å². The molecular weight excluding hydrogens is 1050 g/mol. The number of fused-ring (bicyclic) bond motifs is 6. The fourth-order valence-electron chi connectivity index (χ4n) is 8.35. The van der Waals surface area contributed by atoms with Crippen LogP contribution in [0, 0.1) is 36.0 Å². The Hall–Kier alpha value is -7.85. The summed E-state index contributed by atoms with van der Waals surface area (Å²) in [6, 6.07) is 33.5. The number of nitrogens with zero attached hydrogens (tertiary/aromatic N) is 12. The molecule has 3 aromatic carbocycles. The summed E-state index contributed by atoms with van der Waals surface area (Å²) in [5.74, 6) is 17.1. The summed E-state index contributed by atoms with van der Waals surface area (Å²) in [5.41, 5.74) is 6.10. The number of hydrogen-bond donors (Lipinski definition) is 0. The molecule has 0 saturated heterocycles. The first-order valence-corrected chi connectivity index (χ1v) is 24.3. The summed E-state index contributed by atoms with van der Waals surface area (Å²) < 4.78 is 6.30. The molecule has 0 bridgehead atoms. The second-order valence-corrected chi connectivity index (χ2v) is 18.5. The van der Waals surface area contributed by atoms with Crippen molar-refractivity contribution in [3.8, 4) is 36.0 Å². The monoisotopic (exact) mass is 1100 g/mol. The van der Waals surface area contributed by atoms with E-state index in [0.29, 0.717) is 59.1 Å². The van der Waals surface area contributed by atoms with Crippen LogP contribution in [0.4, 0.5) is 0 Å². The number of benzene rings is 3. The number of halogens is 3. The number of aromatic nitrogens is 9. The van der Waals surface area contributed by atoms with Crippen LogP contribution in [-0.2, 0) is 39.3 Å². The van der Waals surface area contributed by atoms with Crippen LogP contribution in [0.3, 0.4) is 0 Å². The maximum absolute atomic E-state index is 12.6. The van der Waals surface area contributed by atoms with Crippen LogP contribution in [-0.4, -0.2) is 99.1 Å². The van der Waals surface area contributed by atoms with Crippen LogP contribution in [0.15, 0.2) is 147 Å². The van der Waals surface area contributed by atoms with Gasteiger partial charge in [-0.05, 0) is 124 Å². The largest absolute Gasteiger partial charge is 0.297 e. The molecule has 0 fully saturated rings.